The predicted octanol–water partition coefficient (Wildman–Crippen LogP) is 3.27. The van der Waals surface area contributed by atoms with Gasteiger partial charge in [-0.05, 0) is 61.9 Å². The number of carbonyl (C=O) groups excluding carboxylic acids is 3. The van der Waals surface area contributed by atoms with Crippen molar-refractivity contribution in [3.8, 4) is 0 Å². The van der Waals surface area contributed by atoms with Crippen LogP contribution in [0.5, 0.6) is 0 Å². The Morgan fingerprint density at radius 3 is 1.97 bits per heavy atom. The molecule has 0 unspecified atom stereocenters. The maximum Gasteiger partial charge on any atom is 0.335 e. The molecule has 1 aliphatic heterocycles. The SMILES string of the molecule is CCN(CC)c1ccc(N2C(=O)NC(=O)C(=Cc3ccc(N(C)C)cc3)C2=O)cc1. The lowest BCUT2D eigenvalue weighted by Crippen LogP contribution is -2.54. The number of nitrogens with one attached hydrogen (secondary N) is 1. The Bertz CT molecular complexity index is 975. The highest BCUT2D eigenvalue weighted by Gasteiger charge is 2.36. The molecular formula is C23H26N4O3. The molecule has 0 saturated carbocycles. The summed E-state index contributed by atoms with van der Waals surface area (Å²) in [6.07, 6.45) is 1.50. The first-order valence-electron chi connectivity index (χ1n) is 9.89. The number of urea groups is 1. The van der Waals surface area contributed by atoms with E-state index in [9.17, 15) is 14.4 Å². The molecule has 30 heavy (non-hydrogen) atoms. The van der Waals surface area contributed by atoms with Crippen LogP contribution >= 0.6 is 0 Å². The topological polar surface area (TPSA) is 73.0 Å². The summed E-state index contributed by atoms with van der Waals surface area (Å²) in [7, 11) is 3.86. The Morgan fingerprint density at radius 1 is 0.867 bits per heavy atom. The Hall–Kier alpha value is -3.61. The average molecular weight is 406 g/mol. The second kappa shape index (κ2) is 8.82. The molecule has 7 heteroatoms. The molecule has 1 heterocycles. The molecule has 1 aliphatic rings. The van der Waals surface area contributed by atoms with Crippen molar-refractivity contribution in [1.82, 2.24) is 5.32 Å². The summed E-state index contributed by atoms with van der Waals surface area (Å²) < 4.78 is 0. The van der Waals surface area contributed by atoms with Crippen LogP contribution in [0.4, 0.5) is 21.9 Å². The minimum Gasteiger partial charge on any atom is -0.378 e. The number of hydrogen-bond acceptors (Lipinski definition) is 5. The lowest BCUT2D eigenvalue weighted by molar-refractivity contribution is -0.122. The van der Waals surface area contributed by atoms with E-state index in [-0.39, 0.29) is 5.57 Å². The highest BCUT2D eigenvalue weighted by atomic mass is 16.2. The molecule has 156 valence electrons. The van der Waals surface area contributed by atoms with Crippen molar-refractivity contribution in [2.24, 2.45) is 0 Å². The number of hydrogen-bond donors (Lipinski definition) is 1. The van der Waals surface area contributed by atoms with Gasteiger partial charge in [0, 0.05) is 38.6 Å². The summed E-state index contributed by atoms with van der Waals surface area (Å²) in [5.74, 6) is -1.34. The second-order valence-electron chi connectivity index (χ2n) is 7.13. The standard InChI is InChI=1S/C23H26N4O3/c1-5-26(6-2)18-11-13-19(14-12-18)27-22(29)20(21(28)24-23(27)30)15-16-7-9-17(10-8-16)25(3)4/h7-15H,5-6H2,1-4H3,(H,24,28,30). The first kappa shape index (κ1) is 21.1. The zero-order valence-electron chi connectivity index (χ0n) is 17.7. The van der Waals surface area contributed by atoms with E-state index in [0.717, 1.165) is 29.4 Å². The van der Waals surface area contributed by atoms with E-state index in [0.29, 0.717) is 11.3 Å². The Kier molecular flexibility index (Phi) is 6.20. The van der Waals surface area contributed by atoms with Gasteiger partial charge in [-0.25, -0.2) is 9.69 Å². The van der Waals surface area contributed by atoms with Crippen LogP contribution in [-0.4, -0.2) is 45.0 Å². The molecule has 7 nitrogen and oxygen atoms in total. The van der Waals surface area contributed by atoms with Crippen LogP contribution in [0.2, 0.25) is 0 Å². The van der Waals surface area contributed by atoms with Crippen LogP contribution in [0, 0.1) is 0 Å². The third kappa shape index (κ3) is 4.20. The Labute approximate surface area is 176 Å². The number of rotatable bonds is 6. The third-order valence-electron chi connectivity index (χ3n) is 5.06. The maximum atomic E-state index is 13.0. The fourth-order valence-corrected chi connectivity index (χ4v) is 3.33. The van der Waals surface area contributed by atoms with Gasteiger partial charge in [-0.15, -0.1) is 0 Å². The molecule has 2 aromatic carbocycles. The van der Waals surface area contributed by atoms with Crippen molar-refractivity contribution >= 4 is 41.0 Å². The third-order valence-corrected chi connectivity index (χ3v) is 5.06. The number of anilines is 3. The molecular weight excluding hydrogens is 380 g/mol. The van der Waals surface area contributed by atoms with Crippen molar-refractivity contribution in [2.75, 3.05) is 41.9 Å². The number of imide groups is 2. The largest absolute Gasteiger partial charge is 0.378 e. The molecule has 0 atom stereocenters. The molecule has 0 bridgehead atoms. The summed E-state index contributed by atoms with van der Waals surface area (Å²) in [6.45, 7) is 5.83. The fraction of sp³-hybridized carbons (Fsp3) is 0.261. The highest BCUT2D eigenvalue weighted by Crippen LogP contribution is 2.25. The van der Waals surface area contributed by atoms with Gasteiger partial charge >= 0.3 is 6.03 Å². The monoisotopic (exact) mass is 406 g/mol. The van der Waals surface area contributed by atoms with E-state index in [1.165, 1.54) is 6.08 Å². The van der Waals surface area contributed by atoms with Crippen LogP contribution in [0.15, 0.2) is 54.1 Å². The predicted molar refractivity (Wildman–Crippen MR) is 120 cm³/mol. The molecule has 0 aliphatic carbocycles. The highest BCUT2D eigenvalue weighted by molar-refractivity contribution is 6.39. The van der Waals surface area contributed by atoms with Crippen molar-refractivity contribution in [1.29, 1.82) is 0 Å². The molecule has 0 spiro atoms. The zero-order valence-corrected chi connectivity index (χ0v) is 17.7. The van der Waals surface area contributed by atoms with Crippen molar-refractivity contribution in [3.05, 3.63) is 59.7 Å². The van der Waals surface area contributed by atoms with Gasteiger partial charge in [-0.1, -0.05) is 12.1 Å². The van der Waals surface area contributed by atoms with Crippen LogP contribution in [0.3, 0.4) is 0 Å². The lowest BCUT2D eigenvalue weighted by atomic mass is 10.1. The van der Waals surface area contributed by atoms with Crippen LogP contribution in [0.1, 0.15) is 19.4 Å². The normalized spacial score (nSPS) is 15.4. The van der Waals surface area contributed by atoms with Gasteiger partial charge in [-0.3, -0.25) is 14.9 Å². The van der Waals surface area contributed by atoms with Gasteiger partial charge in [0.05, 0.1) is 5.69 Å². The summed E-state index contributed by atoms with van der Waals surface area (Å²) in [4.78, 5) is 42.8. The first-order chi connectivity index (χ1) is 14.3. The van der Waals surface area contributed by atoms with Gasteiger partial charge in [-0.2, -0.15) is 0 Å². The molecule has 2 aromatic rings. The minimum absolute atomic E-state index is 0.0833. The van der Waals surface area contributed by atoms with E-state index in [1.807, 2.05) is 55.4 Å². The van der Waals surface area contributed by atoms with E-state index in [4.69, 9.17) is 0 Å². The molecule has 1 fully saturated rings. The van der Waals surface area contributed by atoms with E-state index in [1.54, 1.807) is 12.1 Å². The average Bonchev–Trinajstić information content (AvgIpc) is 2.73. The van der Waals surface area contributed by atoms with E-state index < -0.39 is 17.8 Å². The molecule has 3 rings (SSSR count). The molecule has 0 aromatic heterocycles. The summed E-state index contributed by atoms with van der Waals surface area (Å²) in [6, 6.07) is 13.8. The molecule has 0 radical (unpaired) electrons. The van der Waals surface area contributed by atoms with Crippen LogP contribution in [0.25, 0.3) is 6.08 Å². The van der Waals surface area contributed by atoms with Gasteiger partial charge in [0.15, 0.2) is 0 Å². The lowest BCUT2D eigenvalue weighted by Gasteiger charge is -2.27. The van der Waals surface area contributed by atoms with Crippen molar-refractivity contribution in [2.45, 2.75) is 13.8 Å². The number of amides is 4. The summed E-state index contributed by atoms with van der Waals surface area (Å²) >= 11 is 0. The zero-order chi connectivity index (χ0) is 21.8. The van der Waals surface area contributed by atoms with Crippen molar-refractivity contribution in [3.63, 3.8) is 0 Å². The first-order valence-corrected chi connectivity index (χ1v) is 9.89. The van der Waals surface area contributed by atoms with E-state index >= 15 is 0 Å². The van der Waals surface area contributed by atoms with Gasteiger partial charge < -0.3 is 9.80 Å². The van der Waals surface area contributed by atoms with Crippen LogP contribution < -0.4 is 20.0 Å². The number of nitrogens with zero attached hydrogens (tertiary/aromatic N) is 3. The van der Waals surface area contributed by atoms with E-state index in [2.05, 4.69) is 24.1 Å². The second-order valence-corrected chi connectivity index (χ2v) is 7.13. The molecule has 4 amide bonds. The Morgan fingerprint density at radius 2 is 1.43 bits per heavy atom. The maximum absolute atomic E-state index is 13.0. The fourth-order valence-electron chi connectivity index (χ4n) is 3.33. The van der Waals surface area contributed by atoms with Crippen molar-refractivity contribution < 1.29 is 14.4 Å². The smallest absolute Gasteiger partial charge is 0.335 e. The Balaban J connectivity index is 1.90. The van der Waals surface area contributed by atoms with Gasteiger partial charge in [0.25, 0.3) is 11.8 Å². The number of barbiturate groups is 1. The number of benzene rings is 2. The number of carbonyl (C=O) groups is 3. The minimum atomic E-state index is -0.749. The van der Waals surface area contributed by atoms with Crippen LogP contribution in [-0.2, 0) is 9.59 Å². The molecule has 1 N–H and O–H groups in total. The summed E-state index contributed by atoms with van der Waals surface area (Å²) in [5.41, 5.74) is 3.03. The quantitative estimate of drug-likeness (QED) is 0.589. The summed E-state index contributed by atoms with van der Waals surface area (Å²) in [5, 5.41) is 2.26. The van der Waals surface area contributed by atoms with Gasteiger partial charge in [0.2, 0.25) is 0 Å². The van der Waals surface area contributed by atoms with Gasteiger partial charge in [0.1, 0.15) is 5.57 Å². The molecule has 1 saturated heterocycles.